The lowest BCUT2D eigenvalue weighted by atomic mass is 10.3. The Morgan fingerprint density at radius 3 is 2.29 bits per heavy atom. The highest BCUT2D eigenvalue weighted by atomic mass is 35.5. The van der Waals surface area contributed by atoms with Gasteiger partial charge in [-0.25, -0.2) is 0 Å². The Bertz CT molecular complexity index is 650. The topological polar surface area (TPSA) is 66.4 Å². The molecule has 3 rings (SSSR count). The predicted octanol–water partition coefficient (Wildman–Crippen LogP) is 1.85. The van der Waals surface area contributed by atoms with Crippen molar-refractivity contribution in [2.45, 2.75) is 0 Å². The summed E-state index contributed by atoms with van der Waals surface area (Å²) >= 11 is 8.18. The molecule has 0 aromatic carbocycles. The largest absolute Gasteiger partial charge is 0.334 e. The molecular weight excluding hydrogens is 332 g/mol. The van der Waals surface area contributed by atoms with Crippen molar-refractivity contribution in [2.24, 2.45) is 0 Å². The highest BCUT2D eigenvalue weighted by Gasteiger charge is 2.27. The number of thiophene rings is 1. The lowest BCUT2D eigenvalue weighted by Gasteiger charge is -2.34. The zero-order valence-electron chi connectivity index (χ0n) is 10.9. The number of carbonyl (C=O) groups is 2. The van der Waals surface area contributed by atoms with Gasteiger partial charge in [-0.15, -0.1) is 21.5 Å². The van der Waals surface area contributed by atoms with Crippen molar-refractivity contribution in [3.8, 4) is 0 Å². The fourth-order valence-corrected chi connectivity index (χ4v) is 3.58. The molecule has 0 atom stereocenters. The van der Waals surface area contributed by atoms with Crippen LogP contribution in [0.3, 0.4) is 0 Å². The third-order valence-electron chi connectivity index (χ3n) is 3.17. The molecule has 0 unspecified atom stereocenters. The maximum atomic E-state index is 12.2. The number of hydrogen-bond donors (Lipinski definition) is 0. The molecule has 1 aliphatic rings. The highest BCUT2D eigenvalue weighted by Crippen LogP contribution is 2.18. The van der Waals surface area contributed by atoms with Crippen molar-refractivity contribution in [1.29, 1.82) is 0 Å². The minimum atomic E-state index is -0.178. The van der Waals surface area contributed by atoms with Crippen LogP contribution in [0.2, 0.25) is 4.47 Å². The fourth-order valence-electron chi connectivity index (χ4n) is 2.10. The summed E-state index contributed by atoms with van der Waals surface area (Å²) in [5.41, 5.74) is 0. The standard InChI is InChI=1S/C12H11ClN4O2S2/c13-12-15-14-9(21-12)11(19)17-5-3-16(4-6-17)10(18)8-2-1-7-20-8/h1-2,7H,3-6H2. The van der Waals surface area contributed by atoms with E-state index >= 15 is 0 Å². The Morgan fingerprint density at radius 2 is 1.76 bits per heavy atom. The highest BCUT2D eigenvalue weighted by molar-refractivity contribution is 7.17. The van der Waals surface area contributed by atoms with Gasteiger partial charge in [0.05, 0.1) is 4.88 Å². The number of amides is 2. The van der Waals surface area contributed by atoms with Crippen LogP contribution in [0.5, 0.6) is 0 Å². The predicted molar refractivity (Wildman–Crippen MR) is 81.0 cm³/mol. The van der Waals surface area contributed by atoms with Crippen LogP contribution in [0.15, 0.2) is 17.5 Å². The van der Waals surface area contributed by atoms with E-state index in [1.165, 1.54) is 11.3 Å². The molecule has 0 spiro atoms. The molecule has 1 aliphatic heterocycles. The minimum Gasteiger partial charge on any atom is -0.334 e. The Balaban J connectivity index is 1.60. The van der Waals surface area contributed by atoms with Gasteiger partial charge in [-0.1, -0.05) is 17.4 Å². The van der Waals surface area contributed by atoms with Gasteiger partial charge in [0.1, 0.15) is 0 Å². The van der Waals surface area contributed by atoms with E-state index in [0.29, 0.717) is 26.2 Å². The van der Waals surface area contributed by atoms with Crippen molar-refractivity contribution >= 4 is 46.1 Å². The van der Waals surface area contributed by atoms with Crippen molar-refractivity contribution in [3.05, 3.63) is 31.9 Å². The number of aromatic nitrogens is 2. The Kier molecular flexibility index (Phi) is 4.18. The first-order valence-electron chi connectivity index (χ1n) is 6.26. The molecule has 6 nitrogen and oxygen atoms in total. The molecular formula is C12H11ClN4O2S2. The first kappa shape index (κ1) is 14.4. The van der Waals surface area contributed by atoms with Crippen LogP contribution in [0.4, 0.5) is 0 Å². The molecule has 0 saturated carbocycles. The van der Waals surface area contributed by atoms with Crippen LogP contribution in [0.1, 0.15) is 19.5 Å². The molecule has 1 fully saturated rings. The summed E-state index contributed by atoms with van der Waals surface area (Å²) in [6, 6.07) is 3.67. The third-order valence-corrected chi connectivity index (χ3v) is 5.03. The molecule has 9 heteroatoms. The zero-order valence-corrected chi connectivity index (χ0v) is 13.2. The van der Waals surface area contributed by atoms with Gasteiger partial charge in [0.25, 0.3) is 11.8 Å². The van der Waals surface area contributed by atoms with Gasteiger partial charge in [0.15, 0.2) is 0 Å². The van der Waals surface area contributed by atoms with Crippen molar-refractivity contribution in [1.82, 2.24) is 20.0 Å². The number of rotatable bonds is 2. The van der Waals surface area contributed by atoms with Crippen LogP contribution in [-0.4, -0.2) is 58.0 Å². The quantitative estimate of drug-likeness (QED) is 0.835. The number of nitrogens with zero attached hydrogens (tertiary/aromatic N) is 4. The molecule has 2 aromatic heterocycles. The molecule has 3 heterocycles. The van der Waals surface area contributed by atoms with Gasteiger partial charge >= 0.3 is 0 Å². The number of piperazine rings is 1. The second kappa shape index (κ2) is 6.08. The maximum Gasteiger partial charge on any atom is 0.285 e. The van der Waals surface area contributed by atoms with E-state index in [-0.39, 0.29) is 21.3 Å². The lowest BCUT2D eigenvalue weighted by Crippen LogP contribution is -2.50. The smallest absolute Gasteiger partial charge is 0.285 e. The molecule has 0 radical (unpaired) electrons. The number of carbonyl (C=O) groups excluding carboxylic acids is 2. The summed E-state index contributed by atoms with van der Waals surface area (Å²) in [6.45, 7) is 2.03. The van der Waals surface area contributed by atoms with Crippen molar-refractivity contribution in [3.63, 3.8) is 0 Å². The van der Waals surface area contributed by atoms with Crippen molar-refractivity contribution in [2.75, 3.05) is 26.2 Å². The summed E-state index contributed by atoms with van der Waals surface area (Å²) in [7, 11) is 0. The SMILES string of the molecule is O=C(c1cccs1)N1CCN(C(=O)c2nnc(Cl)s2)CC1. The summed E-state index contributed by atoms with van der Waals surface area (Å²) in [5.74, 6) is -0.154. The monoisotopic (exact) mass is 342 g/mol. The second-order valence-electron chi connectivity index (χ2n) is 4.42. The Hall–Kier alpha value is -1.51. The van der Waals surface area contributed by atoms with Gasteiger partial charge in [-0.3, -0.25) is 9.59 Å². The van der Waals surface area contributed by atoms with Gasteiger partial charge in [0.2, 0.25) is 9.47 Å². The maximum absolute atomic E-state index is 12.2. The van der Waals surface area contributed by atoms with Crippen LogP contribution in [-0.2, 0) is 0 Å². The van der Waals surface area contributed by atoms with Gasteiger partial charge in [-0.05, 0) is 23.0 Å². The van der Waals surface area contributed by atoms with E-state index in [2.05, 4.69) is 10.2 Å². The average molecular weight is 343 g/mol. The Labute approximate surface area is 134 Å². The lowest BCUT2D eigenvalue weighted by molar-refractivity contribution is 0.0537. The summed E-state index contributed by atoms with van der Waals surface area (Å²) in [4.78, 5) is 28.6. The summed E-state index contributed by atoms with van der Waals surface area (Å²) in [5, 5.41) is 9.56. The van der Waals surface area contributed by atoms with E-state index in [4.69, 9.17) is 11.6 Å². The van der Waals surface area contributed by atoms with Gasteiger partial charge in [0, 0.05) is 26.2 Å². The first-order valence-corrected chi connectivity index (χ1v) is 8.33. The average Bonchev–Trinajstić information content (AvgIpc) is 3.17. The van der Waals surface area contributed by atoms with Crippen molar-refractivity contribution < 1.29 is 9.59 Å². The second-order valence-corrected chi connectivity index (χ2v) is 6.93. The molecule has 21 heavy (non-hydrogen) atoms. The van der Waals surface area contributed by atoms with E-state index in [1.54, 1.807) is 9.80 Å². The molecule has 1 saturated heterocycles. The summed E-state index contributed by atoms with van der Waals surface area (Å²) < 4.78 is 0.254. The molecule has 110 valence electrons. The molecule has 0 bridgehead atoms. The fraction of sp³-hybridized carbons (Fsp3) is 0.333. The summed E-state index contributed by atoms with van der Waals surface area (Å²) in [6.07, 6.45) is 0. The third kappa shape index (κ3) is 3.07. The minimum absolute atomic E-state index is 0.0241. The molecule has 2 aromatic rings. The van der Waals surface area contributed by atoms with E-state index in [9.17, 15) is 9.59 Å². The van der Waals surface area contributed by atoms with E-state index < -0.39 is 0 Å². The van der Waals surface area contributed by atoms with Gasteiger partial charge < -0.3 is 9.80 Å². The van der Waals surface area contributed by atoms with Crippen LogP contribution >= 0.6 is 34.3 Å². The Morgan fingerprint density at radius 1 is 1.10 bits per heavy atom. The normalized spacial score (nSPS) is 15.3. The van der Waals surface area contributed by atoms with Crippen LogP contribution < -0.4 is 0 Å². The molecule has 0 N–H and O–H groups in total. The van der Waals surface area contributed by atoms with E-state index in [0.717, 1.165) is 16.2 Å². The first-order chi connectivity index (χ1) is 10.1. The molecule has 0 aliphatic carbocycles. The van der Waals surface area contributed by atoms with Crippen LogP contribution in [0, 0.1) is 0 Å². The van der Waals surface area contributed by atoms with Gasteiger partial charge in [-0.2, -0.15) is 0 Å². The van der Waals surface area contributed by atoms with Crippen LogP contribution in [0.25, 0.3) is 0 Å². The van der Waals surface area contributed by atoms with E-state index in [1.807, 2.05) is 17.5 Å². The number of halogens is 1. The molecule has 2 amide bonds. The number of hydrogen-bond acceptors (Lipinski definition) is 6. The zero-order chi connectivity index (χ0) is 14.8.